The summed E-state index contributed by atoms with van der Waals surface area (Å²) in [5, 5.41) is 3.28. The van der Waals surface area contributed by atoms with Crippen LogP contribution in [-0.4, -0.2) is 33.9 Å². The van der Waals surface area contributed by atoms with Crippen molar-refractivity contribution in [2.24, 2.45) is 7.05 Å². The van der Waals surface area contributed by atoms with Gasteiger partial charge in [0.15, 0.2) is 0 Å². The van der Waals surface area contributed by atoms with E-state index in [0.717, 1.165) is 17.4 Å². The van der Waals surface area contributed by atoms with Gasteiger partial charge in [0.1, 0.15) is 12.1 Å². The lowest BCUT2D eigenvalue weighted by molar-refractivity contribution is -0.107. The van der Waals surface area contributed by atoms with E-state index >= 15 is 0 Å². The molecule has 0 aliphatic carbocycles. The molecule has 0 bridgehead atoms. The van der Waals surface area contributed by atoms with Crippen molar-refractivity contribution in [3.63, 3.8) is 0 Å². The molecule has 0 fully saturated rings. The molecule has 0 unspecified atom stereocenters. The third kappa shape index (κ3) is 5.88. The highest BCUT2D eigenvalue weighted by molar-refractivity contribution is 5.80. The van der Waals surface area contributed by atoms with Crippen LogP contribution in [0.5, 0.6) is 0 Å². The highest BCUT2D eigenvalue weighted by Crippen LogP contribution is 2.29. The van der Waals surface area contributed by atoms with E-state index in [4.69, 9.17) is 4.98 Å². The second-order valence-corrected chi connectivity index (χ2v) is 8.14. The monoisotopic (exact) mass is 486 g/mol. The molecular formula is C27H27FN6O2. The maximum atomic E-state index is 13.6. The van der Waals surface area contributed by atoms with Gasteiger partial charge in [-0.25, -0.2) is 14.8 Å². The van der Waals surface area contributed by atoms with Gasteiger partial charge in [0.2, 0.25) is 5.95 Å². The minimum absolute atomic E-state index is 0.0752. The number of benzene rings is 2. The van der Waals surface area contributed by atoms with Crippen LogP contribution in [0.3, 0.4) is 0 Å². The summed E-state index contributed by atoms with van der Waals surface area (Å²) in [6.45, 7) is 0.689. The van der Waals surface area contributed by atoms with Crippen LogP contribution in [0, 0.1) is 5.82 Å². The summed E-state index contributed by atoms with van der Waals surface area (Å²) in [6, 6.07) is 19.2. The van der Waals surface area contributed by atoms with Crippen LogP contribution in [0.4, 0.5) is 10.3 Å². The van der Waals surface area contributed by atoms with E-state index in [1.165, 1.54) is 16.7 Å². The van der Waals surface area contributed by atoms with E-state index < -0.39 is 0 Å². The molecule has 3 N–H and O–H groups in total. The molecule has 1 atom stereocenters. The molecule has 0 spiro atoms. The summed E-state index contributed by atoms with van der Waals surface area (Å²) < 4.78 is 15.0. The fraction of sp³-hybridized carbons (Fsp3) is 0.185. The summed E-state index contributed by atoms with van der Waals surface area (Å²) in [4.78, 5) is 33.0. The Labute approximate surface area is 208 Å². The Balaban J connectivity index is 1.63. The van der Waals surface area contributed by atoms with Crippen LogP contribution in [0.1, 0.15) is 18.0 Å². The fourth-order valence-corrected chi connectivity index (χ4v) is 3.92. The van der Waals surface area contributed by atoms with Gasteiger partial charge in [0.25, 0.3) is 5.56 Å². The number of rotatable bonds is 11. The van der Waals surface area contributed by atoms with E-state index in [9.17, 15) is 14.0 Å². The van der Waals surface area contributed by atoms with E-state index in [-0.39, 0.29) is 24.0 Å². The largest absolute Gasteiger partial charge is 0.355 e. The van der Waals surface area contributed by atoms with Gasteiger partial charge in [-0.15, -0.1) is 0 Å². The van der Waals surface area contributed by atoms with Gasteiger partial charge in [-0.05, 0) is 41.8 Å². The van der Waals surface area contributed by atoms with Gasteiger partial charge in [-0.1, -0.05) is 42.5 Å². The van der Waals surface area contributed by atoms with Gasteiger partial charge in [-0.3, -0.25) is 19.8 Å². The standard InChI is InChI=1S/C27H27FN6O2/c1-34-26(36)24(20-7-9-22(28)10-8-20)25(21-11-14-29-15-12-21)32-27(34)30-16-13-23(33-31-17-18-35)19-5-3-2-4-6-19/h2-12,14-15,18,23,31,33H,13,16-17H2,1H3,(H,30,32)/t23-/m0/s1. The molecule has 2 heterocycles. The van der Waals surface area contributed by atoms with E-state index in [2.05, 4.69) is 21.2 Å². The molecule has 4 aromatic rings. The number of carbonyl (C=O) groups excluding carboxylic acids is 1. The summed E-state index contributed by atoms with van der Waals surface area (Å²) in [7, 11) is 1.65. The van der Waals surface area contributed by atoms with Gasteiger partial charge < -0.3 is 10.1 Å². The topological polar surface area (TPSA) is 101 Å². The van der Waals surface area contributed by atoms with Gasteiger partial charge in [0.05, 0.1) is 17.8 Å². The fourth-order valence-electron chi connectivity index (χ4n) is 3.92. The predicted octanol–water partition coefficient (Wildman–Crippen LogP) is 3.48. The normalized spacial score (nSPS) is 11.7. The maximum Gasteiger partial charge on any atom is 0.263 e. The Bertz CT molecular complexity index is 1340. The number of carbonyl (C=O) groups is 1. The van der Waals surface area contributed by atoms with Crippen molar-refractivity contribution in [1.82, 2.24) is 25.4 Å². The molecule has 0 aliphatic heterocycles. The smallest absolute Gasteiger partial charge is 0.263 e. The summed E-state index contributed by atoms with van der Waals surface area (Å²) in [5.41, 5.74) is 9.07. The molecule has 4 rings (SSSR count). The highest BCUT2D eigenvalue weighted by Gasteiger charge is 2.19. The minimum Gasteiger partial charge on any atom is -0.355 e. The lowest BCUT2D eigenvalue weighted by Gasteiger charge is -2.21. The molecule has 0 saturated heterocycles. The Morgan fingerprint density at radius 2 is 1.72 bits per heavy atom. The number of hydrogen-bond acceptors (Lipinski definition) is 7. The Morgan fingerprint density at radius 3 is 2.42 bits per heavy atom. The average molecular weight is 487 g/mol. The second kappa shape index (κ2) is 12.0. The van der Waals surface area contributed by atoms with Crippen LogP contribution in [0.15, 0.2) is 83.9 Å². The number of nitrogens with one attached hydrogen (secondary N) is 3. The van der Waals surface area contributed by atoms with Crippen molar-refractivity contribution in [2.75, 3.05) is 18.4 Å². The van der Waals surface area contributed by atoms with Crippen LogP contribution in [0.25, 0.3) is 22.4 Å². The first kappa shape index (κ1) is 24.9. The quantitative estimate of drug-likeness (QED) is 0.170. The van der Waals surface area contributed by atoms with E-state index in [0.29, 0.717) is 35.7 Å². The van der Waals surface area contributed by atoms with Gasteiger partial charge >= 0.3 is 0 Å². The first-order valence-corrected chi connectivity index (χ1v) is 11.6. The number of nitrogens with zero attached hydrogens (tertiary/aromatic N) is 3. The van der Waals surface area contributed by atoms with Crippen LogP contribution in [-0.2, 0) is 11.8 Å². The maximum absolute atomic E-state index is 13.6. The van der Waals surface area contributed by atoms with Crippen molar-refractivity contribution < 1.29 is 9.18 Å². The number of pyridine rings is 1. The molecule has 0 amide bonds. The molecule has 9 heteroatoms. The van der Waals surface area contributed by atoms with E-state index in [1.807, 2.05) is 30.3 Å². The lowest BCUT2D eigenvalue weighted by Crippen LogP contribution is -2.37. The average Bonchev–Trinajstić information content (AvgIpc) is 2.92. The molecule has 0 saturated carbocycles. The van der Waals surface area contributed by atoms with Gasteiger partial charge in [-0.2, -0.15) is 0 Å². The van der Waals surface area contributed by atoms with Crippen LogP contribution >= 0.6 is 0 Å². The first-order chi connectivity index (χ1) is 17.6. The van der Waals surface area contributed by atoms with Crippen molar-refractivity contribution in [3.8, 4) is 22.4 Å². The Morgan fingerprint density at radius 1 is 1.00 bits per heavy atom. The molecule has 0 aliphatic rings. The van der Waals surface area contributed by atoms with Crippen molar-refractivity contribution in [1.29, 1.82) is 0 Å². The van der Waals surface area contributed by atoms with Crippen LogP contribution in [0.2, 0.25) is 0 Å². The molecular weight excluding hydrogens is 459 g/mol. The van der Waals surface area contributed by atoms with Gasteiger partial charge in [0, 0.05) is 37.6 Å². The summed E-state index contributed by atoms with van der Waals surface area (Å²) >= 11 is 0. The number of aromatic nitrogens is 3. The number of hydrazine groups is 1. The minimum atomic E-state index is -0.378. The lowest BCUT2D eigenvalue weighted by atomic mass is 10.0. The summed E-state index contributed by atoms with van der Waals surface area (Å²) in [6.07, 6.45) is 4.71. The second-order valence-electron chi connectivity index (χ2n) is 8.14. The Kier molecular flexibility index (Phi) is 8.28. The number of aldehydes is 1. The predicted molar refractivity (Wildman–Crippen MR) is 138 cm³/mol. The molecule has 2 aromatic carbocycles. The molecule has 36 heavy (non-hydrogen) atoms. The molecule has 8 nitrogen and oxygen atoms in total. The zero-order valence-corrected chi connectivity index (χ0v) is 19.8. The summed E-state index contributed by atoms with van der Waals surface area (Å²) in [5.74, 6) is 0.0295. The van der Waals surface area contributed by atoms with E-state index in [1.54, 1.807) is 43.7 Å². The first-order valence-electron chi connectivity index (χ1n) is 11.6. The third-order valence-corrected chi connectivity index (χ3v) is 5.76. The van der Waals surface area contributed by atoms with Crippen molar-refractivity contribution in [2.45, 2.75) is 12.5 Å². The third-order valence-electron chi connectivity index (χ3n) is 5.76. The highest BCUT2D eigenvalue weighted by atomic mass is 19.1. The van der Waals surface area contributed by atoms with Crippen molar-refractivity contribution in [3.05, 3.63) is 101 Å². The Hall–Kier alpha value is -4.21. The molecule has 0 radical (unpaired) electrons. The molecule has 184 valence electrons. The zero-order valence-electron chi connectivity index (χ0n) is 19.8. The number of hydrogen-bond donors (Lipinski definition) is 3. The number of anilines is 1. The molecule has 2 aromatic heterocycles. The van der Waals surface area contributed by atoms with Crippen molar-refractivity contribution >= 4 is 12.2 Å². The number of halogens is 1. The van der Waals surface area contributed by atoms with Crippen LogP contribution < -0.4 is 21.7 Å². The zero-order chi connectivity index (χ0) is 25.3. The SMILES string of the molecule is Cn1c(NCC[C@H](NNCC=O)c2ccccc2)nc(-c2ccncc2)c(-c2ccc(F)cc2)c1=O.